The number of benzene rings is 1. The van der Waals surface area contributed by atoms with E-state index in [1.165, 1.54) is 0 Å². The molecule has 0 amide bonds. The van der Waals surface area contributed by atoms with Crippen molar-refractivity contribution in [2.75, 3.05) is 30.6 Å². The van der Waals surface area contributed by atoms with Crippen LogP contribution in [-0.4, -0.2) is 56.3 Å². The number of carbonyl (C=O) groups is 1. The molecule has 9 heteroatoms. The maximum Gasteiger partial charge on any atom is 0.375 e. The molecule has 1 atom stereocenters. The third-order valence-corrected chi connectivity index (χ3v) is 5.96. The molecule has 132 valence electrons. The first-order chi connectivity index (χ1) is 11.3. The van der Waals surface area contributed by atoms with Crippen molar-refractivity contribution in [3.8, 4) is 0 Å². The number of sulfone groups is 1. The van der Waals surface area contributed by atoms with Gasteiger partial charge in [0.05, 0.1) is 23.8 Å². The quantitative estimate of drug-likeness (QED) is 0.348. The van der Waals surface area contributed by atoms with Gasteiger partial charge in [-0.15, -0.1) is 5.10 Å². The summed E-state index contributed by atoms with van der Waals surface area (Å²) in [6.07, 6.45) is 0.468. The molecular weight excluding hydrogens is 398 g/mol. The van der Waals surface area contributed by atoms with Gasteiger partial charge in [0.2, 0.25) is 5.84 Å². The van der Waals surface area contributed by atoms with Crippen LogP contribution in [0, 0.1) is 0 Å². The SMILES string of the molecule is CCOC(=O)C(=NNc1ccc(Br)cc1)N(C)C1CCS(=O)(=O)C1. The van der Waals surface area contributed by atoms with Gasteiger partial charge in [0.1, 0.15) is 0 Å². The summed E-state index contributed by atoms with van der Waals surface area (Å²) in [4.78, 5) is 13.8. The van der Waals surface area contributed by atoms with E-state index in [-0.39, 0.29) is 30.0 Å². The number of carbonyl (C=O) groups excluding carboxylic acids is 1. The van der Waals surface area contributed by atoms with Crippen molar-refractivity contribution in [2.45, 2.75) is 19.4 Å². The van der Waals surface area contributed by atoms with Crippen LogP contribution >= 0.6 is 15.9 Å². The molecule has 1 aromatic rings. The van der Waals surface area contributed by atoms with E-state index in [0.29, 0.717) is 12.1 Å². The van der Waals surface area contributed by atoms with E-state index in [1.807, 2.05) is 12.1 Å². The van der Waals surface area contributed by atoms with Gasteiger partial charge in [-0.1, -0.05) is 15.9 Å². The normalized spacial score (nSPS) is 19.8. The lowest BCUT2D eigenvalue weighted by molar-refractivity contribution is -0.135. The highest BCUT2D eigenvalue weighted by Crippen LogP contribution is 2.18. The maximum atomic E-state index is 12.2. The molecule has 0 bridgehead atoms. The average Bonchev–Trinajstić information content (AvgIpc) is 2.89. The lowest BCUT2D eigenvalue weighted by Gasteiger charge is -2.25. The summed E-state index contributed by atoms with van der Waals surface area (Å²) in [5.41, 5.74) is 3.51. The number of hydrogen-bond donors (Lipinski definition) is 1. The third kappa shape index (κ3) is 4.94. The average molecular weight is 418 g/mol. The van der Waals surface area contributed by atoms with Gasteiger partial charge in [-0.25, -0.2) is 13.2 Å². The molecule has 1 aromatic carbocycles. The van der Waals surface area contributed by atoms with Crippen LogP contribution in [0.2, 0.25) is 0 Å². The lowest BCUT2D eigenvalue weighted by atomic mass is 10.2. The molecule has 1 unspecified atom stereocenters. The van der Waals surface area contributed by atoms with Crippen molar-refractivity contribution in [3.05, 3.63) is 28.7 Å². The summed E-state index contributed by atoms with van der Waals surface area (Å²) >= 11 is 3.34. The zero-order valence-corrected chi connectivity index (χ0v) is 15.9. The minimum absolute atomic E-state index is 0.0141. The van der Waals surface area contributed by atoms with Crippen molar-refractivity contribution < 1.29 is 17.9 Å². The van der Waals surface area contributed by atoms with E-state index < -0.39 is 15.8 Å². The lowest BCUT2D eigenvalue weighted by Crippen LogP contribution is -2.43. The maximum absolute atomic E-state index is 12.2. The standard InChI is InChI=1S/C15H20BrN3O4S/c1-3-23-15(20)14(18-17-12-6-4-11(16)5-7-12)19(2)13-8-9-24(21,22)10-13/h4-7,13,17H,3,8-10H2,1-2H3. The van der Waals surface area contributed by atoms with Crippen LogP contribution in [0.25, 0.3) is 0 Å². The highest BCUT2D eigenvalue weighted by Gasteiger charge is 2.34. The molecule has 0 aliphatic carbocycles. The Bertz CT molecular complexity index is 719. The van der Waals surface area contributed by atoms with Crippen molar-refractivity contribution in [1.82, 2.24) is 4.90 Å². The third-order valence-electron chi connectivity index (χ3n) is 3.68. The Hall–Kier alpha value is -1.61. The van der Waals surface area contributed by atoms with Gasteiger partial charge in [0.25, 0.3) is 0 Å². The first-order valence-electron chi connectivity index (χ1n) is 7.52. The summed E-state index contributed by atoms with van der Waals surface area (Å²) in [6.45, 7) is 1.92. The number of nitrogens with zero attached hydrogens (tertiary/aromatic N) is 2. The molecule has 7 nitrogen and oxygen atoms in total. The van der Waals surface area contributed by atoms with Crippen LogP contribution in [-0.2, 0) is 19.4 Å². The fraction of sp³-hybridized carbons (Fsp3) is 0.467. The summed E-state index contributed by atoms with van der Waals surface area (Å²) in [6, 6.07) is 7.00. The molecule has 1 saturated heterocycles. The second-order valence-corrected chi connectivity index (χ2v) is 8.59. The summed E-state index contributed by atoms with van der Waals surface area (Å²) < 4.78 is 29.3. The first-order valence-corrected chi connectivity index (χ1v) is 10.1. The summed E-state index contributed by atoms with van der Waals surface area (Å²) in [7, 11) is -1.40. The van der Waals surface area contributed by atoms with Crippen molar-refractivity contribution in [1.29, 1.82) is 0 Å². The van der Waals surface area contributed by atoms with E-state index in [4.69, 9.17) is 4.74 Å². The van der Waals surface area contributed by atoms with Crippen LogP contribution in [0.3, 0.4) is 0 Å². The zero-order valence-electron chi connectivity index (χ0n) is 13.5. The fourth-order valence-electron chi connectivity index (χ4n) is 2.36. The van der Waals surface area contributed by atoms with Crippen LogP contribution < -0.4 is 5.43 Å². The molecule has 1 aliphatic rings. The topological polar surface area (TPSA) is 88.1 Å². The number of halogens is 1. The molecule has 1 fully saturated rings. The molecule has 1 N–H and O–H groups in total. The van der Waals surface area contributed by atoms with Gasteiger partial charge in [0, 0.05) is 17.6 Å². The van der Waals surface area contributed by atoms with E-state index in [9.17, 15) is 13.2 Å². The second-order valence-electron chi connectivity index (χ2n) is 5.44. The number of hydrazone groups is 1. The van der Waals surface area contributed by atoms with Crippen molar-refractivity contribution in [3.63, 3.8) is 0 Å². The number of esters is 1. The van der Waals surface area contributed by atoms with Crippen LogP contribution in [0.4, 0.5) is 5.69 Å². The monoisotopic (exact) mass is 417 g/mol. The second kappa shape index (κ2) is 7.98. The molecule has 0 radical (unpaired) electrons. The molecule has 1 aliphatic heterocycles. The molecule has 2 rings (SSSR count). The Morgan fingerprint density at radius 3 is 2.62 bits per heavy atom. The van der Waals surface area contributed by atoms with E-state index in [0.717, 1.165) is 4.47 Å². The van der Waals surface area contributed by atoms with Gasteiger partial charge >= 0.3 is 5.97 Å². The van der Waals surface area contributed by atoms with E-state index in [2.05, 4.69) is 26.5 Å². The van der Waals surface area contributed by atoms with Gasteiger partial charge in [-0.3, -0.25) is 5.43 Å². The van der Waals surface area contributed by atoms with Gasteiger partial charge in [-0.05, 0) is 37.6 Å². The van der Waals surface area contributed by atoms with Crippen molar-refractivity contribution >= 4 is 43.3 Å². The highest BCUT2D eigenvalue weighted by atomic mass is 79.9. The van der Waals surface area contributed by atoms with Gasteiger partial charge in [0.15, 0.2) is 9.84 Å². The predicted molar refractivity (Wildman–Crippen MR) is 96.7 cm³/mol. The molecule has 1 heterocycles. The molecule has 0 spiro atoms. The number of rotatable bonds is 4. The molecule has 0 saturated carbocycles. The number of amidine groups is 1. The molecule has 24 heavy (non-hydrogen) atoms. The summed E-state index contributed by atoms with van der Waals surface area (Å²) in [5, 5.41) is 4.14. The predicted octanol–water partition coefficient (Wildman–Crippen LogP) is 1.86. The largest absolute Gasteiger partial charge is 0.460 e. The van der Waals surface area contributed by atoms with Gasteiger partial charge < -0.3 is 9.64 Å². The molecular formula is C15H20BrN3O4S. The zero-order chi connectivity index (χ0) is 17.7. The van der Waals surface area contributed by atoms with E-state index >= 15 is 0 Å². The van der Waals surface area contributed by atoms with Crippen molar-refractivity contribution in [2.24, 2.45) is 5.10 Å². The smallest absolute Gasteiger partial charge is 0.375 e. The fourth-order valence-corrected chi connectivity index (χ4v) is 4.40. The number of likely N-dealkylation sites (N-methyl/N-ethyl adjacent to an activating group) is 1. The minimum atomic E-state index is -3.06. The van der Waals surface area contributed by atoms with Crippen LogP contribution in [0.5, 0.6) is 0 Å². The Morgan fingerprint density at radius 1 is 1.42 bits per heavy atom. The molecule has 0 aromatic heterocycles. The highest BCUT2D eigenvalue weighted by molar-refractivity contribution is 9.10. The number of hydrogen-bond acceptors (Lipinski definition) is 6. The van der Waals surface area contributed by atoms with E-state index in [1.54, 1.807) is 31.0 Å². The first kappa shape index (κ1) is 18.7. The number of anilines is 1. The van der Waals surface area contributed by atoms with Crippen LogP contribution in [0.1, 0.15) is 13.3 Å². The Morgan fingerprint density at radius 2 is 2.08 bits per heavy atom. The summed E-state index contributed by atoms with van der Waals surface area (Å²) in [5.74, 6) is -0.394. The minimum Gasteiger partial charge on any atom is -0.460 e. The number of ether oxygens (including phenoxy) is 1. The Labute approximate surface area is 150 Å². The number of nitrogens with one attached hydrogen (secondary N) is 1. The Balaban J connectivity index is 2.18. The van der Waals surface area contributed by atoms with Crippen LogP contribution in [0.15, 0.2) is 33.8 Å². The van der Waals surface area contributed by atoms with Gasteiger partial charge in [-0.2, -0.15) is 0 Å². The Kier molecular flexibility index (Phi) is 6.22.